The van der Waals surface area contributed by atoms with Gasteiger partial charge in [0.2, 0.25) is 5.91 Å². The number of nitrogens with one attached hydrogen (secondary N) is 1. The lowest BCUT2D eigenvalue weighted by Gasteiger charge is -2.24. The van der Waals surface area contributed by atoms with Crippen LogP contribution in [-0.2, 0) is 11.3 Å². The maximum absolute atomic E-state index is 13.0. The summed E-state index contributed by atoms with van der Waals surface area (Å²) in [5, 5.41) is 2.78. The first-order valence-electron chi connectivity index (χ1n) is 9.06. The number of benzene rings is 2. The van der Waals surface area contributed by atoms with Gasteiger partial charge in [-0.1, -0.05) is 12.1 Å². The van der Waals surface area contributed by atoms with Gasteiger partial charge in [-0.2, -0.15) is 0 Å². The molecule has 5 nitrogen and oxygen atoms in total. The third kappa shape index (κ3) is 4.27. The van der Waals surface area contributed by atoms with E-state index in [0.29, 0.717) is 18.7 Å². The number of thioether (sulfide) groups is 1. The van der Waals surface area contributed by atoms with Crippen molar-refractivity contribution in [1.82, 2.24) is 4.90 Å². The molecule has 6 heteroatoms. The third-order valence-electron chi connectivity index (χ3n) is 4.65. The molecule has 0 saturated heterocycles. The molecular weight excluding hydrogens is 358 g/mol. The summed E-state index contributed by atoms with van der Waals surface area (Å²) in [6.07, 6.45) is 0. The Labute approximate surface area is 164 Å². The molecule has 0 saturated carbocycles. The van der Waals surface area contributed by atoms with Gasteiger partial charge >= 0.3 is 0 Å². The molecule has 1 atom stereocenters. The summed E-state index contributed by atoms with van der Waals surface area (Å²) in [7, 11) is 4.01. The number of hydrogen-bond donors (Lipinski definition) is 1. The number of nitrogens with zero attached hydrogens (tertiary/aromatic N) is 2. The van der Waals surface area contributed by atoms with Gasteiger partial charge in [0.25, 0.3) is 5.91 Å². The lowest BCUT2D eigenvalue weighted by Crippen LogP contribution is -2.31. The predicted octanol–water partition coefficient (Wildman–Crippen LogP) is 3.85. The fraction of sp³-hybridized carbons (Fsp3) is 0.333. The monoisotopic (exact) mass is 383 g/mol. The molecule has 3 rings (SSSR count). The molecule has 0 bridgehead atoms. The van der Waals surface area contributed by atoms with E-state index >= 15 is 0 Å². The van der Waals surface area contributed by atoms with E-state index in [1.807, 2.05) is 49.9 Å². The van der Waals surface area contributed by atoms with Crippen molar-refractivity contribution in [2.75, 3.05) is 30.9 Å². The van der Waals surface area contributed by atoms with Crippen LogP contribution in [0.15, 0.2) is 47.4 Å². The van der Waals surface area contributed by atoms with Crippen LogP contribution >= 0.6 is 11.8 Å². The number of amides is 2. The van der Waals surface area contributed by atoms with E-state index in [0.717, 1.165) is 21.8 Å². The molecule has 1 aliphatic rings. The minimum Gasteiger partial charge on any atom is -0.378 e. The number of anilines is 2. The molecule has 142 valence electrons. The van der Waals surface area contributed by atoms with E-state index in [2.05, 4.69) is 29.6 Å². The first kappa shape index (κ1) is 19.3. The molecule has 0 spiro atoms. The highest BCUT2D eigenvalue weighted by Gasteiger charge is 2.24. The van der Waals surface area contributed by atoms with Crippen molar-refractivity contribution >= 4 is 35.0 Å². The van der Waals surface area contributed by atoms with Crippen LogP contribution in [0.4, 0.5) is 11.4 Å². The number of hydrogen-bond acceptors (Lipinski definition) is 4. The molecule has 0 aliphatic carbocycles. The molecular formula is C21H25N3O2S. The first-order chi connectivity index (χ1) is 12.9. The maximum Gasteiger partial charge on any atom is 0.254 e. The SMILES string of the molecule is CCN(Cc1ccc(N(C)C)cc1)C(=O)c1ccc2c(c1)NC(=O)C(C)S2. The van der Waals surface area contributed by atoms with Gasteiger partial charge in [-0.05, 0) is 49.7 Å². The van der Waals surface area contributed by atoms with Crippen LogP contribution < -0.4 is 10.2 Å². The fourth-order valence-electron chi connectivity index (χ4n) is 2.97. The van der Waals surface area contributed by atoms with Gasteiger partial charge in [0.05, 0.1) is 10.9 Å². The summed E-state index contributed by atoms with van der Waals surface area (Å²) in [5.74, 6) is -0.0553. The molecule has 2 amide bonds. The predicted molar refractivity (Wildman–Crippen MR) is 112 cm³/mol. The molecule has 0 fully saturated rings. The van der Waals surface area contributed by atoms with E-state index in [1.54, 1.807) is 6.07 Å². The average molecular weight is 384 g/mol. The Hall–Kier alpha value is -2.47. The van der Waals surface area contributed by atoms with Gasteiger partial charge in [0.1, 0.15) is 0 Å². The Kier molecular flexibility index (Phi) is 5.75. The lowest BCUT2D eigenvalue weighted by atomic mass is 10.1. The van der Waals surface area contributed by atoms with Crippen molar-refractivity contribution in [1.29, 1.82) is 0 Å². The number of carbonyl (C=O) groups is 2. The summed E-state index contributed by atoms with van der Waals surface area (Å²) in [5.41, 5.74) is 3.54. The molecule has 2 aromatic carbocycles. The van der Waals surface area contributed by atoms with Crippen molar-refractivity contribution in [2.24, 2.45) is 0 Å². The zero-order valence-electron chi connectivity index (χ0n) is 16.2. The van der Waals surface area contributed by atoms with Crippen LogP contribution in [0.2, 0.25) is 0 Å². The Balaban J connectivity index is 1.77. The van der Waals surface area contributed by atoms with Gasteiger partial charge < -0.3 is 15.1 Å². The molecule has 2 aromatic rings. The first-order valence-corrected chi connectivity index (χ1v) is 9.94. The maximum atomic E-state index is 13.0. The number of carbonyl (C=O) groups excluding carboxylic acids is 2. The van der Waals surface area contributed by atoms with Crippen LogP contribution in [0.1, 0.15) is 29.8 Å². The lowest BCUT2D eigenvalue weighted by molar-refractivity contribution is -0.115. The Morgan fingerprint density at radius 1 is 1.15 bits per heavy atom. The number of rotatable bonds is 5. The van der Waals surface area contributed by atoms with Crippen molar-refractivity contribution in [3.05, 3.63) is 53.6 Å². The van der Waals surface area contributed by atoms with Crippen LogP contribution in [-0.4, -0.2) is 42.6 Å². The highest BCUT2D eigenvalue weighted by atomic mass is 32.2. The summed E-state index contributed by atoms with van der Waals surface area (Å²) in [6.45, 7) is 5.02. The van der Waals surface area contributed by atoms with Crippen molar-refractivity contribution < 1.29 is 9.59 Å². The molecule has 1 aliphatic heterocycles. The molecule has 1 unspecified atom stereocenters. The third-order valence-corrected chi connectivity index (χ3v) is 5.83. The Bertz CT molecular complexity index is 849. The summed E-state index contributed by atoms with van der Waals surface area (Å²) >= 11 is 1.52. The standard InChI is InChI=1S/C21H25N3O2S/c1-5-24(13-15-6-9-17(10-7-15)23(3)4)21(26)16-8-11-19-18(12-16)22-20(25)14(2)27-19/h6-12,14H,5,13H2,1-4H3,(H,22,25). The molecule has 0 aromatic heterocycles. The Morgan fingerprint density at radius 2 is 1.85 bits per heavy atom. The van der Waals surface area contributed by atoms with Gasteiger partial charge in [-0.15, -0.1) is 11.8 Å². The number of fused-ring (bicyclic) bond motifs is 1. The van der Waals surface area contributed by atoms with Crippen LogP contribution in [0, 0.1) is 0 Å². The second kappa shape index (κ2) is 8.05. The molecule has 0 radical (unpaired) electrons. The van der Waals surface area contributed by atoms with Gasteiger partial charge in [-0.3, -0.25) is 9.59 Å². The largest absolute Gasteiger partial charge is 0.378 e. The van der Waals surface area contributed by atoms with Crippen molar-refractivity contribution in [3.63, 3.8) is 0 Å². The van der Waals surface area contributed by atoms with Gasteiger partial charge in [-0.25, -0.2) is 0 Å². The smallest absolute Gasteiger partial charge is 0.254 e. The van der Waals surface area contributed by atoms with Crippen LogP contribution in [0.3, 0.4) is 0 Å². The molecule has 1 heterocycles. The second-order valence-electron chi connectivity index (χ2n) is 6.84. The van der Waals surface area contributed by atoms with E-state index in [1.165, 1.54) is 11.8 Å². The Morgan fingerprint density at radius 3 is 2.48 bits per heavy atom. The average Bonchev–Trinajstić information content (AvgIpc) is 2.66. The normalized spacial score (nSPS) is 15.7. The zero-order chi connectivity index (χ0) is 19.6. The van der Waals surface area contributed by atoms with E-state index in [4.69, 9.17) is 0 Å². The van der Waals surface area contributed by atoms with E-state index < -0.39 is 0 Å². The highest BCUT2D eigenvalue weighted by molar-refractivity contribution is 8.00. The summed E-state index contributed by atoms with van der Waals surface area (Å²) in [4.78, 5) is 29.8. The zero-order valence-corrected chi connectivity index (χ0v) is 17.0. The van der Waals surface area contributed by atoms with Crippen LogP contribution in [0.25, 0.3) is 0 Å². The van der Waals surface area contributed by atoms with Crippen LogP contribution in [0.5, 0.6) is 0 Å². The summed E-state index contributed by atoms with van der Waals surface area (Å²) < 4.78 is 0. The fourth-order valence-corrected chi connectivity index (χ4v) is 3.90. The van der Waals surface area contributed by atoms with Gasteiger partial charge in [0.15, 0.2) is 0 Å². The van der Waals surface area contributed by atoms with Crippen molar-refractivity contribution in [3.8, 4) is 0 Å². The van der Waals surface area contributed by atoms with Crippen molar-refractivity contribution in [2.45, 2.75) is 30.5 Å². The minimum atomic E-state index is -0.115. The van der Waals surface area contributed by atoms with Gasteiger partial charge in [0, 0.05) is 43.3 Å². The molecule has 1 N–H and O–H groups in total. The minimum absolute atomic E-state index is 0.0228. The topological polar surface area (TPSA) is 52.6 Å². The quantitative estimate of drug-likeness (QED) is 0.852. The summed E-state index contributed by atoms with van der Waals surface area (Å²) in [6, 6.07) is 13.8. The highest BCUT2D eigenvalue weighted by Crippen LogP contribution is 2.36. The second-order valence-corrected chi connectivity index (χ2v) is 8.22. The van der Waals surface area contributed by atoms with E-state index in [-0.39, 0.29) is 17.1 Å². The molecule has 27 heavy (non-hydrogen) atoms. The van der Waals surface area contributed by atoms with E-state index in [9.17, 15) is 9.59 Å².